The summed E-state index contributed by atoms with van der Waals surface area (Å²) in [5.74, 6) is 0.863. The minimum atomic E-state index is -0.718. The van der Waals surface area contributed by atoms with E-state index in [4.69, 9.17) is 0 Å². The molecule has 18 heavy (non-hydrogen) atoms. The fourth-order valence-electron chi connectivity index (χ4n) is 2.92. The maximum Gasteiger partial charge on any atom is 0.307 e. The van der Waals surface area contributed by atoms with Crippen LogP contribution in [0.2, 0.25) is 0 Å². The summed E-state index contributed by atoms with van der Waals surface area (Å²) >= 11 is 0. The van der Waals surface area contributed by atoms with Crippen molar-refractivity contribution in [1.82, 2.24) is 14.8 Å². The number of carboxylic acid groups (broad SMARTS) is 1. The first-order valence-corrected chi connectivity index (χ1v) is 6.38. The minimum Gasteiger partial charge on any atom is -0.481 e. The fourth-order valence-corrected chi connectivity index (χ4v) is 2.92. The quantitative estimate of drug-likeness (QED) is 0.848. The van der Waals surface area contributed by atoms with E-state index in [1.807, 2.05) is 11.6 Å². The molecule has 6 heteroatoms. The first kappa shape index (κ1) is 12.9. The van der Waals surface area contributed by atoms with Gasteiger partial charge in [-0.2, -0.15) is 0 Å². The van der Waals surface area contributed by atoms with Gasteiger partial charge in [-0.15, -0.1) is 10.2 Å². The molecule has 0 amide bonds. The number of aromatic nitrogens is 3. The van der Waals surface area contributed by atoms with Gasteiger partial charge in [0, 0.05) is 20.0 Å². The van der Waals surface area contributed by atoms with Gasteiger partial charge < -0.3 is 15.0 Å². The highest BCUT2D eigenvalue weighted by Gasteiger charge is 2.41. The third kappa shape index (κ3) is 2.07. The van der Waals surface area contributed by atoms with E-state index in [1.165, 1.54) is 0 Å². The van der Waals surface area contributed by atoms with E-state index in [9.17, 15) is 9.90 Å². The predicted molar refractivity (Wildman–Crippen MR) is 67.4 cm³/mol. The molecule has 6 nitrogen and oxygen atoms in total. The molecule has 3 atom stereocenters. The molecule has 1 aliphatic carbocycles. The number of anilines is 1. The zero-order valence-corrected chi connectivity index (χ0v) is 11.1. The lowest BCUT2D eigenvalue weighted by Crippen LogP contribution is -2.19. The zero-order valence-electron chi connectivity index (χ0n) is 11.1. The van der Waals surface area contributed by atoms with E-state index >= 15 is 0 Å². The predicted octanol–water partition coefficient (Wildman–Crippen LogP) is 1.46. The van der Waals surface area contributed by atoms with Gasteiger partial charge in [-0.1, -0.05) is 13.3 Å². The Morgan fingerprint density at radius 2 is 2.22 bits per heavy atom. The number of hydrogen-bond donors (Lipinski definition) is 2. The lowest BCUT2D eigenvalue weighted by Gasteiger charge is -2.14. The monoisotopic (exact) mass is 252 g/mol. The van der Waals surface area contributed by atoms with Gasteiger partial charge in [-0.25, -0.2) is 0 Å². The molecule has 2 rings (SSSR count). The van der Waals surface area contributed by atoms with Crippen LogP contribution in [0.3, 0.4) is 0 Å². The zero-order chi connectivity index (χ0) is 13.3. The van der Waals surface area contributed by atoms with Crippen molar-refractivity contribution in [2.24, 2.45) is 18.9 Å². The second-order valence-corrected chi connectivity index (χ2v) is 4.99. The van der Waals surface area contributed by atoms with Gasteiger partial charge in [0.1, 0.15) is 5.82 Å². The van der Waals surface area contributed by atoms with Crippen LogP contribution in [0.4, 0.5) is 5.95 Å². The number of nitrogens with one attached hydrogen (secondary N) is 1. The Morgan fingerprint density at radius 3 is 2.72 bits per heavy atom. The van der Waals surface area contributed by atoms with Crippen molar-refractivity contribution in [2.45, 2.75) is 32.1 Å². The average molecular weight is 252 g/mol. The van der Waals surface area contributed by atoms with Crippen molar-refractivity contribution in [3.05, 3.63) is 5.82 Å². The van der Waals surface area contributed by atoms with Gasteiger partial charge >= 0.3 is 5.97 Å². The molecule has 0 spiro atoms. The third-order valence-electron chi connectivity index (χ3n) is 4.02. The molecule has 0 aromatic carbocycles. The number of carboxylic acids is 1. The van der Waals surface area contributed by atoms with Crippen LogP contribution in [-0.2, 0) is 11.8 Å². The third-order valence-corrected chi connectivity index (χ3v) is 4.02. The molecule has 0 bridgehead atoms. The Morgan fingerprint density at radius 1 is 1.50 bits per heavy atom. The van der Waals surface area contributed by atoms with E-state index < -0.39 is 5.97 Å². The van der Waals surface area contributed by atoms with Gasteiger partial charge in [-0.3, -0.25) is 4.79 Å². The summed E-state index contributed by atoms with van der Waals surface area (Å²) in [6.07, 6.45) is 2.67. The maximum absolute atomic E-state index is 11.4. The second-order valence-electron chi connectivity index (χ2n) is 4.99. The van der Waals surface area contributed by atoms with Crippen LogP contribution in [0.5, 0.6) is 0 Å². The fraction of sp³-hybridized carbons (Fsp3) is 0.750. The molecule has 1 aromatic rings. The lowest BCUT2D eigenvalue weighted by molar-refractivity contribution is -0.142. The number of carbonyl (C=O) groups is 1. The Balaban J connectivity index is 2.29. The van der Waals surface area contributed by atoms with Crippen LogP contribution in [0.1, 0.15) is 37.9 Å². The summed E-state index contributed by atoms with van der Waals surface area (Å²) in [5.41, 5.74) is 0. The minimum absolute atomic E-state index is 0.0213. The number of hydrogen-bond acceptors (Lipinski definition) is 4. The molecule has 1 aromatic heterocycles. The van der Waals surface area contributed by atoms with E-state index in [1.54, 1.807) is 7.05 Å². The highest BCUT2D eigenvalue weighted by Crippen LogP contribution is 2.44. The molecule has 0 radical (unpaired) electrons. The molecule has 100 valence electrons. The molecule has 1 saturated carbocycles. The van der Waals surface area contributed by atoms with E-state index in [0.717, 1.165) is 25.1 Å². The Kier molecular flexibility index (Phi) is 3.54. The largest absolute Gasteiger partial charge is 0.481 e. The summed E-state index contributed by atoms with van der Waals surface area (Å²) in [7, 11) is 3.66. The SMILES string of the molecule is CCC1CC(C(=O)O)C(c2nnc(NC)n2C)C1. The molecule has 1 heterocycles. The normalized spacial score (nSPS) is 27.4. The lowest BCUT2D eigenvalue weighted by atomic mass is 9.95. The maximum atomic E-state index is 11.4. The van der Waals surface area contributed by atoms with Gasteiger partial charge in [-0.05, 0) is 18.8 Å². The van der Waals surface area contributed by atoms with Crippen LogP contribution in [0, 0.1) is 11.8 Å². The van der Waals surface area contributed by atoms with Crippen LogP contribution in [0.25, 0.3) is 0 Å². The second kappa shape index (κ2) is 4.96. The Bertz CT molecular complexity index is 443. The van der Waals surface area contributed by atoms with Crippen molar-refractivity contribution >= 4 is 11.9 Å². The van der Waals surface area contributed by atoms with Crippen molar-refractivity contribution in [3.8, 4) is 0 Å². The van der Waals surface area contributed by atoms with Gasteiger partial charge in [0.2, 0.25) is 5.95 Å². The summed E-state index contributed by atoms with van der Waals surface area (Å²) in [4.78, 5) is 11.4. The Hall–Kier alpha value is -1.59. The van der Waals surface area contributed by atoms with Crippen LogP contribution in [-0.4, -0.2) is 32.9 Å². The van der Waals surface area contributed by atoms with Crippen LogP contribution < -0.4 is 5.32 Å². The van der Waals surface area contributed by atoms with Gasteiger partial charge in [0.25, 0.3) is 0 Å². The van der Waals surface area contributed by atoms with Crippen molar-refractivity contribution < 1.29 is 9.90 Å². The van der Waals surface area contributed by atoms with E-state index in [-0.39, 0.29) is 11.8 Å². The van der Waals surface area contributed by atoms with Crippen LogP contribution in [0.15, 0.2) is 0 Å². The number of nitrogens with zero attached hydrogens (tertiary/aromatic N) is 3. The average Bonchev–Trinajstić information content (AvgIpc) is 2.92. The summed E-state index contributed by atoms with van der Waals surface area (Å²) in [5, 5.41) is 20.5. The Labute approximate surface area is 106 Å². The number of rotatable bonds is 4. The van der Waals surface area contributed by atoms with Gasteiger partial charge in [0.05, 0.1) is 5.92 Å². The highest BCUT2D eigenvalue weighted by molar-refractivity contribution is 5.71. The van der Waals surface area contributed by atoms with E-state index in [2.05, 4.69) is 22.4 Å². The molecule has 2 N–H and O–H groups in total. The molecule has 1 fully saturated rings. The smallest absolute Gasteiger partial charge is 0.307 e. The summed E-state index contributed by atoms with van der Waals surface area (Å²) in [6, 6.07) is 0. The molecular formula is C12H20N4O2. The topological polar surface area (TPSA) is 80.0 Å². The molecular weight excluding hydrogens is 232 g/mol. The van der Waals surface area contributed by atoms with Crippen molar-refractivity contribution in [1.29, 1.82) is 0 Å². The highest BCUT2D eigenvalue weighted by atomic mass is 16.4. The van der Waals surface area contributed by atoms with Gasteiger partial charge in [0.15, 0.2) is 0 Å². The van der Waals surface area contributed by atoms with E-state index in [0.29, 0.717) is 11.9 Å². The summed E-state index contributed by atoms with van der Waals surface area (Å²) < 4.78 is 1.86. The van der Waals surface area contributed by atoms with Crippen molar-refractivity contribution in [3.63, 3.8) is 0 Å². The number of aliphatic carboxylic acids is 1. The first-order valence-electron chi connectivity index (χ1n) is 6.38. The molecule has 0 saturated heterocycles. The van der Waals surface area contributed by atoms with Crippen LogP contribution >= 0.6 is 0 Å². The molecule has 0 aliphatic heterocycles. The molecule has 1 aliphatic rings. The first-order chi connectivity index (χ1) is 8.58. The van der Waals surface area contributed by atoms with Crippen molar-refractivity contribution in [2.75, 3.05) is 12.4 Å². The standard InChI is InChI=1S/C12H20N4O2/c1-4-7-5-8(9(6-7)11(17)18)10-14-15-12(13-2)16(10)3/h7-9H,4-6H2,1-3H3,(H,13,15)(H,17,18). The molecule has 3 unspecified atom stereocenters. The summed E-state index contributed by atoms with van der Waals surface area (Å²) in [6.45, 7) is 2.11.